The monoisotopic (exact) mass is 261 g/mol. The molecule has 18 heavy (non-hydrogen) atoms. The largest absolute Gasteiger partial charge is 0.455 e. The molecule has 2 aromatic rings. The van der Waals surface area contributed by atoms with Crippen molar-refractivity contribution in [1.29, 1.82) is 0 Å². The SMILES string of the molecule is CC(C)c1ccc(Oc2cccc(Cl)c2N)cc1. The van der Waals surface area contributed by atoms with Crippen molar-refractivity contribution in [1.82, 2.24) is 0 Å². The lowest BCUT2D eigenvalue weighted by atomic mass is 10.0. The van der Waals surface area contributed by atoms with Crippen LogP contribution in [0.2, 0.25) is 5.02 Å². The molecule has 2 N–H and O–H groups in total. The first-order valence-electron chi connectivity index (χ1n) is 5.89. The van der Waals surface area contributed by atoms with Gasteiger partial charge in [0.05, 0.1) is 10.7 Å². The topological polar surface area (TPSA) is 35.2 Å². The minimum atomic E-state index is 0.465. The van der Waals surface area contributed by atoms with Gasteiger partial charge in [-0.25, -0.2) is 0 Å². The summed E-state index contributed by atoms with van der Waals surface area (Å²) in [6.45, 7) is 4.32. The van der Waals surface area contributed by atoms with Crippen LogP contribution in [0, 0.1) is 0 Å². The van der Waals surface area contributed by atoms with Gasteiger partial charge in [0.25, 0.3) is 0 Å². The van der Waals surface area contributed by atoms with Crippen LogP contribution in [-0.2, 0) is 0 Å². The first kappa shape index (κ1) is 12.8. The van der Waals surface area contributed by atoms with E-state index in [2.05, 4.69) is 26.0 Å². The van der Waals surface area contributed by atoms with Crippen molar-refractivity contribution < 1.29 is 4.74 Å². The van der Waals surface area contributed by atoms with Gasteiger partial charge in [-0.15, -0.1) is 0 Å². The fourth-order valence-corrected chi connectivity index (χ4v) is 1.82. The molecule has 0 unspecified atom stereocenters. The van der Waals surface area contributed by atoms with E-state index in [1.54, 1.807) is 12.1 Å². The molecular formula is C15H16ClNO. The van der Waals surface area contributed by atoms with Crippen molar-refractivity contribution in [3.63, 3.8) is 0 Å². The van der Waals surface area contributed by atoms with E-state index < -0.39 is 0 Å². The third-order valence-corrected chi connectivity index (χ3v) is 3.12. The average Bonchev–Trinajstić information content (AvgIpc) is 2.36. The molecule has 0 fully saturated rings. The van der Waals surface area contributed by atoms with Crippen LogP contribution in [0.5, 0.6) is 11.5 Å². The summed E-state index contributed by atoms with van der Waals surface area (Å²) >= 11 is 5.94. The lowest BCUT2D eigenvalue weighted by molar-refractivity contribution is 0.485. The van der Waals surface area contributed by atoms with Crippen LogP contribution < -0.4 is 10.5 Å². The van der Waals surface area contributed by atoms with Crippen LogP contribution in [0.3, 0.4) is 0 Å². The number of ether oxygens (including phenoxy) is 1. The van der Waals surface area contributed by atoms with E-state index in [1.165, 1.54) is 5.56 Å². The van der Waals surface area contributed by atoms with Crippen LogP contribution in [0.25, 0.3) is 0 Å². The van der Waals surface area contributed by atoms with Crippen LogP contribution in [0.4, 0.5) is 5.69 Å². The molecule has 0 bridgehead atoms. The van der Waals surface area contributed by atoms with Gasteiger partial charge >= 0.3 is 0 Å². The number of benzene rings is 2. The number of hydrogen-bond donors (Lipinski definition) is 1. The number of hydrogen-bond acceptors (Lipinski definition) is 2. The van der Waals surface area contributed by atoms with E-state index in [4.69, 9.17) is 22.1 Å². The maximum Gasteiger partial charge on any atom is 0.151 e. The highest BCUT2D eigenvalue weighted by atomic mass is 35.5. The van der Waals surface area contributed by atoms with Gasteiger partial charge in [0.2, 0.25) is 0 Å². The second-order valence-corrected chi connectivity index (χ2v) is 4.88. The molecule has 0 spiro atoms. The van der Waals surface area contributed by atoms with E-state index in [-0.39, 0.29) is 0 Å². The number of nitrogen functional groups attached to an aromatic ring is 1. The fourth-order valence-electron chi connectivity index (χ4n) is 1.65. The molecule has 3 heteroatoms. The second-order valence-electron chi connectivity index (χ2n) is 4.48. The molecule has 0 aliphatic carbocycles. The number of nitrogens with two attached hydrogens (primary N) is 1. The Labute approximate surface area is 112 Å². The Balaban J connectivity index is 2.21. The van der Waals surface area contributed by atoms with E-state index in [0.29, 0.717) is 22.4 Å². The standard InChI is InChI=1S/C15H16ClNO/c1-10(2)11-6-8-12(9-7-11)18-14-5-3-4-13(16)15(14)17/h3-10H,17H2,1-2H3. The Morgan fingerprint density at radius 2 is 1.72 bits per heavy atom. The Morgan fingerprint density at radius 3 is 2.33 bits per heavy atom. The smallest absolute Gasteiger partial charge is 0.151 e. The highest BCUT2D eigenvalue weighted by Crippen LogP contribution is 2.32. The maximum absolute atomic E-state index is 5.94. The summed E-state index contributed by atoms with van der Waals surface area (Å²) in [5.41, 5.74) is 7.60. The molecule has 0 radical (unpaired) electrons. The number of halogens is 1. The molecule has 0 heterocycles. The lowest BCUT2D eigenvalue weighted by Crippen LogP contribution is -1.93. The van der Waals surface area contributed by atoms with Crippen molar-refractivity contribution in [3.05, 3.63) is 53.1 Å². The Kier molecular flexibility index (Phi) is 3.78. The average molecular weight is 262 g/mol. The number of para-hydroxylation sites is 1. The minimum Gasteiger partial charge on any atom is -0.455 e. The maximum atomic E-state index is 5.94. The van der Waals surface area contributed by atoms with Crippen LogP contribution >= 0.6 is 11.6 Å². The zero-order valence-electron chi connectivity index (χ0n) is 10.5. The highest BCUT2D eigenvalue weighted by Gasteiger charge is 2.06. The molecule has 0 aliphatic heterocycles. The summed E-state index contributed by atoms with van der Waals surface area (Å²) in [4.78, 5) is 0. The van der Waals surface area contributed by atoms with Gasteiger partial charge in [-0.2, -0.15) is 0 Å². The molecule has 2 nitrogen and oxygen atoms in total. The molecular weight excluding hydrogens is 246 g/mol. The molecule has 94 valence electrons. The van der Waals surface area contributed by atoms with Crippen LogP contribution in [0.1, 0.15) is 25.3 Å². The zero-order chi connectivity index (χ0) is 13.1. The molecule has 0 aliphatic rings. The van der Waals surface area contributed by atoms with Crippen molar-refractivity contribution in [2.24, 2.45) is 0 Å². The van der Waals surface area contributed by atoms with E-state index in [9.17, 15) is 0 Å². The highest BCUT2D eigenvalue weighted by molar-refractivity contribution is 6.33. The fraction of sp³-hybridized carbons (Fsp3) is 0.200. The van der Waals surface area contributed by atoms with E-state index in [1.807, 2.05) is 18.2 Å². The van der Waals surface area contributed by atoms with Gasteiger partial charge in [-0.3, -0.25) is 0 Å². The minimum absolute atomic E-state index is 0.465. The third kappa shape index (κ3) is 2.77. The van der Waals surface area contributed by atoms with Crippen LogP contribution in [-0.4, -0.2) is 0 Å². The molecule has 0 atom stereocenters. The third-order valence-electron chi connectivity index (χ3n) is 2.79. The van der Waals surface area contributed by atoms with Gasteiger partial charge in [0.1, 0.15) is 5.75 Å². The van der Waals surface area contributed by atoms with Gasteiger partial charge < -0.3 is 10.5 Å². The van der Waals surface area contributed by atoms with Gasteiger partial charge in [-0.1, -0.05) is 43.6 Å². The van der Waals surface area contributed by atoms with Gasteiger partial charge in [-0.05, 0) is 35.7 Å². The summed E-state index contributed by atoms with van der Waals surface area (Å²) in [7, 11) is 0. The first-order valence-corrected chi connectivity index (χ1v) is 6.27. The summed E-state index contributed by atoms with van der Waals surface area (Å²) < 4.78 is 5.72. The van der Waals surface area contributed by atoms with Crippen LogP contribution in [0.15, 0.2) is 42.5 Å². The second kappa shape index (κ2) is 5.32. The molecule has 0 saturated heterocycles. The molecule has 0 amide bonds. The van der Waals surface area contributed by atoms with Crippen molar-refractivity contribution in [3.8, 4) is 11.5 Å². The summed E-state index contributed by atoms with van der Waals surface area (Å²) in [6, 6.07) is 13.4. The lowest BCUT2D eigenvalue weighted by Gasteiger charge is -2.10. The number of rotatable bonds is 3. The van der Waals surface area contributed by atoms with E-state index in [0.717, 1.165) is 5.75 Å². The quantitative estimate of drug-likeness (QED) is 0.803. The summed E-state index contributed by atoms with van der Waals surface area (Å²) in [5.74, 6) is 1.85. The Morgan fingerprint density at radius 1 is 1.06 bits per heavy atom. The predicted molar refractivity (Wildman–Crippen MR) is 76.5 cm³/mol. The van der Waals surface area contributed by atoms with E-state index >= 15 is 0 Å². The van der Waals surface area contributed by atoms with Crippen molar-refractivity contribution >= 4 is 17.3 Å². The summed E-state index contributed by atoms with van der Waals surface area (Å²) in [6.07, 6.45) is 0. The van der Waals surface area contributed by atoms with Crippen molar-refractivity contribution in [2.75, 3.05) is 5.73 Å². The first-order chi connectivity index (χ1) is 8.58. The Hall–Kier alpha value is -1.67. The normalized spacial score (nSPS) is 10.7. The summed E-state index contributed by atoms with van der Waals surface area (Å²) in [5, 5.41) is 0.506. The molecule has 0 aromatic heterocycles. The predicted octanol–water partition coefficient (Wildman–Crippen LogP) is 4.84. The number of anilines is 1. The van der Waals surface area contributed by atoms with Crippen molar-refractivity contribution in [2.45, 2.75) is 19.8 Å². The van der Waals surface area contributed by atoms with Gasteiger partial charge in [0, 0.05) is 0 Å². The Bertz CT molecular complexity index is 535. The van der Waals surface area contributed by atoms with Gasteiger partial charge in [0.15, 0.2) is 5.75 Å². The molecule has 0 saturated carbocycles. The molecule has 2 aromatic carbocycles. The molecule has 2 rings (SSSR count). The zero-order valence-corrected chi connectivity index (χ0v) is 11.2.